The normalized spacial score (nSPS) is 14.5. The molecule has 10 nitrogen and oxygen atoms in total. The molecule has 1 aromatic heterocycles. The first-order valence-electron chi connectivity index (χ1n) is 12.3. The van der Waals surface area contributed by atoms with Crippen LogP contribution in [0.4, 0.5) is 0 Å². The van der Waals surface area contributed by atoms with Crippen LogP contribution in [0.1, 0.15) is 15.9 Å². The van der Waals surface area contributed by atoms with Crippen molar-refractivity contribution < 1.29 is 24.2 Å². The van der Waals surface area contributed by atoms with Crippen LogP contribution in [0.2, 0.25) is 10.0 Å². The van der Waals surface area contributed by atoms with Gasteiger partial charge < -0.3 is 19.9 Å². The molecule has 2 N–H and O–H groups in total. The van der Waals surface area contributed by atoms with Crippen molar-refractivity contribution in [1.29, 1.82) is 0 Å². The molecule has 0 bridgehead atoms. The number of aryl methyl sites for hydroxylation is 1. The van der Waals surface area contributed by atoms with Crippen molar-refractivity contribution in [2.45, 2.75) is 12.5 Å². The summed E-state index contributed by atoms with van der Waals surface area (Å²) in [6.07, 6.45) is 1.51. The van der Waals surface area contributed by atoms with Crippen LogP contribution in [-0.2, 0) is 23.0 Å². The first kappa shape index (κ1) is 28.6. The van der Waals surface area contributed by atoms with E-state index in [9.17, 15) is 19.5 Å². The lowest BCUT2D eigenvalue weighted by molar-refractivity contribution is -0.139. The maximum absolute atomic E-state index is 13.0. The molecule has 206 valence electrons. The molecule has 1 fully saturated rings. The molecule has 12 heteroatoms. The van der Waals surface area contributed by atoms with Gasteiger partial charge in [0.05, 0.1) is 40.6 Å². The van der Waals surface area contributed by atoms with Gasteiger partial charge >= 0.3 is 5.97 Å². The van der Waals surface area contributed by atoms with Crippen LogP contribution < -0.4 is 15.6 Å². The Balaban J connectivity index is 1.48. The van der Waals surface area contributed by atoms with Gasteiger partial charge in [-0.15, -0.1) is 0 Å². The zero-order valence-corrected chi connectivity index (χ0v) is 22.7. The number of carboxylic acids is 1. The molecule has 39 heavy (non-hydrogen) atoms. The molecule has 0 spiro atoms. The van der Waals surface area contributed by atoms with Crippen LogP contribution in [-0.4, -0.2) is 77.2 Å². The molecule has 1 aliphatic heterocycles. The first-order chi connectivity index (χ1) is 18.7. The highest BCUT2D eigenvalue weighted by Gasteiger charge is 2.24. The summed E-state index contributed by atoms with van der Waals surface area (Å²) in [4.78, 5) is 39.8. The van der Waals surface area contributed by atoms with Crippen molar-refractivity contribution in [2.24, 2.45) is 7.05 Å². The smallest absolute Gasteiger partial charge is 0.326 e. The summed E-state index contributed by atoms with van der Waals surface area (Å²) < 4.78 is 12.6. The second kappa shape index (κ2) is 13.1. The van der Waals surface area contributed by atoms with E-state index in [1.54, 1.807) is 37.4 Å². The highest BCUT2D eigenvalue weighted by molar-refractivity contribution is 6.39. The van der Waals surface area contributed by atoms with Gasteiger partial charge in [-0.05, 0) is 23.3 Å². The predicted octanol–water partition coefficient (Wildman–Crippen LogP) is 2.89. The summed E-state index contributed by atoms with van der Waals surface area (Å²) in [7, 11) is 1.56. The number of benzene rings is 2. The average molecular weight is 575 g/mol. The van der Waals surface area contributed by atoms with E-state index in [2.05, 4.69) is 15.3 Å². The standard InChI is InChI=1S/C27H28Cl2N4O6/c1-32-26(35)23(22(16-30-32)39-14-11-33-9-12-38-13-10-33)18-7-5-17(6-8-18)15-21(27(36)37)31-25(34)24-19(28)3-2-4-20(24)29/h2-8,16,21H,9-15H2,1H3,(H,31,34)(H,36,37)/t21-/m0/s1. The number of nitrogens with one attached hydrogen (secondary N) is 1. The number of hydrogen-bond donors (Lipinski definition) is 2. The Hall–Kier alpha value is -3.44. The fourth-order valence-electron chi connectivity index (χ4n) is 4.20. The van der Waals surface area contributed by atoms with E-state index in [0.29, 0.717) is 48.8 Å². The number of aliphatic carboxylic acids is 1. The van der Waals surface area contributed by atoms with E-state index in [4.69, 9.17) is 32.7 Å². The molecular formula is C27H28Cl2N4O6. The predicted molar refractivity (Wildman–Crippen MR) is 147 cm³/mol. The number of carboxylic acid groups (broad SMARTS) is 1. The van der Waals surface area contributed by atoms with Crippen LogP contribution >= 0.6 is 23.2 Å². The van der Waals surface area contributed by atoms with Crippen molar-refractivity contribution in [3.05, 3.63) is 80.2 Å². The molecule has 1 aliphatic rings. The average Bonchev–Trinajstić information content (AvgIpc) is 2.91. The lowest BCUT2D eigenvalue weighted by Gasteiger charge is -2.26. The quantitative estimate of drug-likeness (QED) is 0.379. The van der Waals surface area contributed by atoms with Crippen LogP contribution in [0.15, 0.2) is 53.5 Å². The van der Waals surface area contributed by atoms with Gasteiger partial charge in [-0.1, -0.05) is 53.5 Å². The Bertz CT molecular complexity index is 1370. The number of carbonyl (C=O) groups is 2. The summed E-state index contributed by atoms with van der Waals surface area (Å²) in [5.74, 6) is -1.53. The fourth-order valence-corrected chi connectivity index (χ4v) is 4.77. The van der Waals surface area contributed by atoms with E-state index in [0.717, 1.165) is 13.1 Å². The largest absolute Gasteiger partial charge is 0.490 e. The molecule has 0 unspecified atom stereocenters. The van der Waals surface area contributed by atoms with E-state index in [1.807, 2.05) is 0 Å². The van der Waals surface area contributed by atoms with Gasteiger partial charge in [0.25, 0.3) is 11.5 Å². The number of rotatable bonds is 10. The number of hydrogen-bond acceptors (Lipinski definition) is 7. The minimum Gasteiger partial charge on any atom is -0.490 e. The van der Waals surface area contributed by atoms with E-state index in [-0.39, 0.29) is 27.6 Å². The molecular weight excluding hydrogens is 547 g/mol. The third-order valence-electron chi connectivity index (χ3n) is 6.35. The highest BCUT2D eigenvalue weighted by atomic mass is 35.5. The monoisotopic (exact) mass is 574 g/mol. The van der Waals surface area contributed by atoms with Gasteiger partial charge in [0.15, 0.2) is 5.75 Å². The molecule has 1 amide bonds. The molecule has 0 aliphatic carbocycles. The van der Waals surface area contributed by atoms with E-state index < -0.39 is 17.9 Å². The number of halogens is 2. The van der Waals surface area contributed by atoms with E-state index in [1.165, 1.54) is 23.0 Å². The Morgan fingerprint density at radius 2 is 1.79 bits per heavy atom. The number of amides is 1. The van der Waals surface area contributed by atoms with Gasteiger partial charge in [-0.2, -0.15) is 5.10 Å². The number of carbonyl (C=O) groups excluding carboxylic acids is 1. The summed E-state index contributed by atoms with van der Waals surface area (Å²) in [6.45, 7) is 4.11. The van der Waals surface area contributed by atoms with Gasteiger partial charge in [0, 0.05) is 33.1 Å². The maximum Gasteiger partial charge on any atom is 0.326 e. The van der Waals surface area contributed by atoms with Crippen molar-refractivity contribution >= 4 is 35.1 Å². The van der Waals surface area contributed by atoms with Crippen LogP contribution in [0, 0.1) is 0 Å². The van der Waals surface area contributed by atoms with Gasteiger partial charge in [0.1, 0.15) is 12.6 Å². The van der Waals surface area contributed by atoms with Crippen molar-refractivity contribution in [2.75, 3.05) is 39.5 Å². The molecule has 0 saturated carbocycles. The Kier molecular flexibility index (Phi) is 9.58. The minimum atomic E-state index is -1.23. The number of morpholine rings is 1. The van der Waals surface area contributed by atoms with Gasteiger partial charge in [-0.3, -0.25) is 14.5 Å². The lowest BCUT2D eigenvalue weighted by atomic mass is 10.0. The zero-order valence-electron chi connectivity index (χ0n) is 21.2. The molecule has 0 radical (unpaired) electrons. The van der Waals surface area contributed by atoms with Gasteiger partial charge in [0.2, 0.25) is 0 Å². The lowest BCUT2D eigenvalue weighted by Crippen LogP contribution is -2.42. The van der Waals surface area contributed by atoms with E-state index >= 15 is 0 Å². The van der Waals surface area contributed by atoms with Crippen LogP contribution in [0.3, 0.4) is 0 Å². The molecule has 2 aromatic carbocycles. The molecule has 1 saturated heterocycles. The first-order valence-corrected chi connectivity index (χ1v) is 13.1. The Morgan fingerprint density at radius 3 is 2.44 bits per heavy atom. The number of nitrogens with zero attached hydrogens (tertiary/aromatic N) is 3. The summed E-state index contributed by atoms with van der Waals surface area (Å²) >= 11 is 12.2. The molecule has 1 atom stereocenters. The summed E-state index contributed by atoms with van der Waals surface area (Å²) in [5, 5.41) is 16.5. The van der Waals surface area contributed by atoms with Crippen molar-refractivity contribution in [3.8, 4) is 16.9 Å². The van der Waals surface area contributed by atoms with Crippen molar-refractivity contribution in [1.82, 2.24) is 20.0 Å². The highest BCUT2D eigenvalue weighted by Crippen LogP contribution is 2.27. The number of aromatic nitrogens is 2. The topological polar surface area (TPSA) is 123 Å². The Morgan fingerprint density at radius 1 is 1.13 bits per heavy atom. The van der Waals surface area contributed by atoms with Crippen LogP contribution in [0.25, 0.3) is 11.1 Å². The molecule has 2 heterocycles. The minimum absolute atomic E-state index is 0.000681. The maximum atomic E-state index is 13.0. The number of ether oxygens (including phenoxy) is 2. The summed E-state index contributed by atoms with van der Waals surface area (Å²) in [6, 6.07) is 10.2. The molecule has 3 aromatic rings. The third-order valence-corrected chi connectivity index (χ3v) is 6.98. The summed E-state index contributed by atoms with van der Waals surface area (Å²) in [5.41, 5.74) is 1.28. The fraction of sp³-hybridized carbons (Fsp3) is 0.333. The zero-order chi connectivity index (χ0) is 27.9. The van der Waals surface area contributed by atoms with Crippen LogP contribution in [0.5, 0.6) is 5.75 Å². The molecule has 4 rings (SSSR count). The van der Waals surface area contributed by atoms with Gasteiger partial charge in [-0.25, -0.2) is 9.48 Å². The second-order valence-corrected chi connectivity index (χ2v) is 9.79. The Labute approximate surface area is 235 Å². The second-order valence-electron chi connectivity index (χ2n) is 8.98. The van der Waals surface area contributed by atoms with Crippen molar-refractivity contribution in [3.63, 3.8) is 0 Å². The SMILES string of the molecule is Cn1ncc(OCCN2CCOCC2)c(-c2ccc(C[C@H](NC(=O)c3c(Cl)cccc3Cl)C(=O)O)cc2)c1=O. The third kappa shape index (κ3) is 7.15.